The SMILES string of the molecule is O=C(Cc1cccc(OCc2ccc(Cl)cc2)c1)NCC1CCCNC1. The molecular weight excluding hydrogens is 348 g/mol. The first-order valence-electron chi connectivity index (χ1n) is 9.12. The summed E-state index contributed by atoms with van der Waals surface area (Å²) in [6, 6.07) is 15.3. The number of rotatable bonds is 7. The Morgan fingerprint density at radius 2 is 2.04 bits per heavy atom. The van der Waals surface area contributed by atoms with Crippen LogP contribution in [0.3, 0.4) is 0 Å². The summed E-state index contributed by atoms with van der Waals surface area (Å²) < 4.78 is 5.83. The summed E-state index contributed by atoms with van der Waals surface area (Å²) in [6.07, 6.45) is 2.74. The van der Waals surface area contributed by atoms with Gasteiger partial charge < -0.3 is 15.4 Å². The summed E-state index contributed by atoms with van der Waals surface area (Å²) in [5.74, 6) is 1.37. The molecule has 1 aliphatic rings. The molecule has 1 fully saturated rings. The molecule has 1 heterocycles. The maximum Gasteiger partial charge on any atom is 0.224 e. The third-order valence-electron chi connectivity index (χ3n) is 4.57. The molecule has 138 valence electrons. The number of hydrogen-bond acceptors (Lipinski definition) is 3. The molecule has 0 bridgehead atoms. The van der Waals surface area contributed by atoms with E-state index >= 15 is 0 Å². The minimum absolute atomic E-state index is 0.0606. The second kappa shape index (κ2) is 9.60. The fourth-order valence-corrected chi connectivity index (χ4v) is 3.22. The van der Waals surface area contributed by atoms with E-state index in [-0.39, 0.29) is 5.91 Å². The highest BCUT2D eigenvalue weighted by Gasteiger charge is 2.14. The highest BCUT2D eigenvalue weighted by atomic mass is 35.5. The van der Waals surface area contributed by atoms with Gasteiger partial charge in [-0.2, -0.15) is 0 Å². The minimum Gasteiger partial charge on any atom is -0.489 e. The molecular formula is C21H25ClN2O2. The van der Waals surface area contributed by atoms with Crippen molar-refractivity contribution < 1.29 is 9.53 Å². The fourth-order valence-electron chi connectivity index (χ4n) is 3.10. The van der Waals surface area contributed by atoms with Crippen LogP contribution in [0.15, 0.2) is 48.5 Å². The Bertz CT molecular complexity index is 712. The second-order valence-corrected chi connectivity index (χ2v) is 7.19. The number of carbonyl (C=O) groups excluding carboxylic acids is 1. The predicted octanol–water partition coefficient (Wildman–Crippen LogP) is 3.58. The Morgan fingerprint density at radius 1 is 1.19 bits per heavy atom. The topological polar surface area (TPSA) is 50.4 Å². The van der Waals surface area contributed by atoms with Gasteiger partial charge in [-0.05, 0) is 67.2 Å². The zero-order chi connectivity index (χ0) is 18.2. The quantitative estimate of drug-likeness (QED) is 0.781. The smallest absolute Gasteiger partial charge is 0.224 e. The van der Waals surface area contributed by atoms with Crippen molar-refractivity contribution in [2.45, 2.75) is 25.9 Å². The van der Waals surface area contributed by atoms with Gasteiger partial charge in [0.05, 0.1) is 6.42 Å². The summed E-state index contributed by atoms with van der Waals surface area (Å²) in [7, 11) is 0. The van der Waals surface area contributed by atoms with E-state index in [4.69, 9.17) is 16.3 Å². The van der Waals surface area contributed by atoms with Crippen molar-refractivity contribution >= 4 is 17.5 Å². The lowest BCUT2D eigenvalue weighted by Crippen LogP contribution is -2.38. The first-order valence-corrected chi connectivity index (χ1v) is 9.50. The molecule has 0 aromatic heterocycles. The lowest BCUT2D eigenvalue weighted by molar-refractivity contribution is -0.120. The Hall–Kier alpha value is -2.04. The molecule has 4 nitrogen and oxygen atoms in total. The molecule has 5 heteroatoms. The summed E-state index contributed by atoms with van der Waals surface area (Å²) in [5.41, 5.74) is 2.01. The van der Waals surface area contributed by atoms with Gasteiger partial charge in [0, 0.05) is 11.6 Å². The van der Waals surface area contributed by atoms with Crippen molar-refractivity contribution in [1.29, 1.82) is 0 Å². The van der Waals surface area contributed by atoms with Crippen LogP contribution >= 0.6 is 11.6 Å². The maximum absolute atomic E-state index is 12.2. The van der Waals surface area contributed by atoms with Crippen molar-refractivity contribution in [3.05, 3.63) is 64.7 Å². The van der Waals surface area contributed by atoms with Crippen LogP contribution < -0.4 is 15.4 Å². The standard InChI is InChI=1S/C21H25ClN2O2/c22-19-8-6-16(7-9-19)15-26-20-5-1-3-17(11-20)12-21(25)24-14-18-4-2-10-23-13-18/h1,3,5-9,11,18,23H,2,4,10,12-15H2,(H,24,25). The summed E-state index contributed by atoms with van der Waals surface area (Å²) in [4.78, 5) is 12.2. The van der Waals surface area contributed by atoms with Gasteiger partial charge in [-0.3, -0.25) is 4.79 Å². The summed E-state index contributed by atoms with van der Waals surface area (Å²) in [6.45, 7) is 3.31. The van der Waals surface area contributed by atoms with E-state index in [0.717, 1.165) is 36.5 Å². The van der Waals surface area contributed by atoms with Gasteiger partial charge >= 0.3 is 0 Å². The lowest BCUT2D eigenvalue weighted by atomic mass is 9.99. The number of carbonyl (C=O) groups is 1. The van der Waals surface area contributed by atoms with Crippen molar-refractivity contribution in [1.82, 2.24) is 10.6 Å². The molecule has 2 aromatic carbocycles. The Labute approximate surface area is 159 Å². The number of nitrogens with one attached hydrogen (secondary N) is 2. The molecule has 1 unspecified atom stereocenters. The van der Waals surface area contributed by atoms with Gasteiger partial charge in [0.15, 0.2) is 0 Å². The fraction of sp³-hybridized carbons (Fsp3) is 0.381. The number of piperidine rings is 1. The van der Waals surface area contributed by atoms with Crippen molar-refractivity contribution in [2.24, 2.45) is 5.92 Å². The van der Waals surface area contributed by atoms with Crippen LogP contribution in [0.2, 0.25) is 5.02 Å². The Morgan fingerprint density at radius 3 is 2.81 bits per heavy atom. The molecule has 26 heavy (non-hydrogen) atoms. The number of halogens is 1. The molecule has 2 N–H and O–H groups in total. The second-order valence-electron chi connectivity index (χ2n) is 6.76. The van der Waals surface area contributed by atoms with Gasteiger partial charge in [-0.1, -0.05) is 35.9 Å². The van der Waals surface area contributed by atoms with Crippen LogP contribution in [-0.2, 0) is 17.8 Å². The number of ether oxygens (including phenoxy) is 1. The molecule has 1 atom stereocenters. The van der Waals surface area contributed by atoms with Gasteiger partial charge in [-0.25, -0.2) is 0 Å². The average molecular weight is 373 g/mol. The number of benzene rings is 2. The third kappa shape index (κ3) is 6.04. The largest absolute Gasteiger partial charge is 0.489 e. The van der Waals surface area contributed by atoms with Crippen LogP contribution in [0.25, 0.3) is 0 Å². The maximum atomic E-state index is 12.2. The third-order valence-corrected chi connectivity index (χ3v) is 4.82. The monoisotopic (exact) mass is 372 g/mol. The normalized spacial score (nSPS) is 16.9. The molecule has 0 radical (unpaired) electrons. The van der Waals surface area contributed by atoms with Gasteiger partial charge in [0.25, 0.3) is 0 Å². The van der Waals surface area contributed by atoms with Crippen molar-refractivity contribution in [3.8, 4) is 5.75 Å². The van der Waals surface area contributed by atoms with Gasteiger partial charge in [0.1, 0.15) is 12.4 Å². The Kier molecular flexibility index (Phi) is 6.92. The van der Waals surface area contributed by atoms with Gasteiger partial charge in [0.2, 0.25) is 5.91 Å². The predicted molar refractivity (Wildman–Crippen MR) is 105 cm³/mol. The summed E-state index contributed by atoms with van der Waals surface area (Å²) >= 11 is 5.89. The Balaban J connectivity index is 1.46. The van der Waals surface area contributed by atoms with Crippen LogP contribution in [0.4, 0.5) is 0 Å². The van der Waals surface area contributed by atoms with Crippen LogP contribution in [0, 0.1) is 5.92 Å². The molecule has 1 aliphatic heterocycles. The molecule has 1 saturated heterocycles. The minimum atomic E-state index is 0.0606. The molecule has 0 spiro atoms. The molecule has 3 rings (SSSR count). The highest BCUT2D eigenvalue weighted by molar-refractivity contribution is 6.30. The van der Waals surface area contributed by atoms with E-state index in [2.05, 4.69) is 10.6 Å². The van der Waals surface area contributed by atoms with Crippen LogP contribution in [0.1, 0.15) is 24.0 Å². The number of hydrogen-bond donors (Lipinski definition) is 2. The molecule has 2 aromatic rings. The molecule has 1 amide bonds. The lowest BCUT2D eigenvalue weighted by Gasteiger charge is -2.22. The van der Waals surface area contributed by atoms with Crippen LogP contribution in [-0.4, -0.2) is 25.5 Å². The van der Waals surface area contributed by atoms with E-state index in [9.17, 15) is 4.79 Å². The first-order chi connectivity index (χ1) is 12.7. The number of amides is 1. The average Bonchev–Trinajstić information content (AvgIpc) is 2.67. The van der Waals surface area contributed by atoms with E-state index in [1.54, 1.807) is 0 Å². The highest BCUT2D eigenvalue weighted by Crippen LogP contribution is 2.17. The van der Waals surface area contributed by atoms with E-state index < -0.39 is 0 Å². The zero-order valence-corrected chi connectivity index (χ0v) is 15.6. The zero-order valence-electron chi connectivity index (χ0n) is 14.8. The van der Waals surface area contributed by atoms with E-state index in [1.807, 2.05) is 48.5 Å². The molecule has 0 aliphatic carbocycles. The van der Waals surface area contributed by atoms with E-state index in [0.29, 0.717) is 24.0 Å². The first kappa shape index (κ1) is 18.7. The van der Waals surface area contributed by atoms with Crippen LogP contribution in [0.5, 0.6) is 5.75 Å². The van der Waals surface area contributed by atoms with Gasteiger partial charge in [-0.15, -0.1) is 0 Å². The molecule has 0 saturated carbocycles. The van der Waals surface area contributed by atoms with E-state index in [1.165, 1.54) is 12.8 Å². The van der Waals surface area contributed by atoms with Crippen molar-refractivity contribution in [3.63, 3.8) is 0 Å². The summed E-state index contributed by atoms with van der Waals surface area (Å²) in [5, 5.41) is 7.14. The van der Waals surface area contributed by atoms with Crippen molar-refractivity contribution in [2.75, 3.05) is 19.6 Å².